The third-order valence-corrected chi connectivity index (χ3v) is 22.7. The number of rotatable bonds is 16. The number of ether oxygens (including phenoxy) is 1. The summed E-state index contributed by atoms with van der Waals surface area (Å²) in [6, 6.07) is 33.6. The molecule has 2 saturated heterocycles. The number of carbonyl (C=O) groups is 5. The Morgan fingerprint density at radius 3 is 1.77 bits per heavy atom. The van der Waals surface area contributed by atoms with Crippen molar-refractivity contribution in [3.63, 3.8) is 0 Å². The van der Waals surface area contributed by atoms with Crippen molar-refractivity contribution in [3.8, 4) is 0 Å². The average Bonchev–Trinajstić information content (AvgIpc) is 3.57. The summed E-state index contributed by atoms with van der Waals surface area (Å²) in [6.07, 6.45) is -0.727. The maximum atomic E-state index is 15.8. The molecule has 11 nitrogen and oxygen atoms in total. The summed E-state index contributed by atoms with van der Waals surface area (Å²) in [5.74, 6) is -2.95. The molecule has 2 aliphatic heterocycles. The number of nitrogens with zero attached hydrogens (tertiary/aromatic N) is 3. The number of anilines is 1. The summed E-state index contributed by atoms with van der Waals surface area (Å²) in [7, 11) is -0.723. The predicted octanol–water partition coefficient (Wildman–Crippen LogP) is 7.78. The van der Waals surface area contributed by atoms with Crippen LogP contribution in [0.4, 0.5) is 10.5 Å². The van der Waals surface area contributed by atoms with Crippen LogP contribution in [0.15, 0.2) is 128 Å². The number of esters is 1. The van der Waals surface area contributed by atoms with Gasteiger partial charge in [0.05, 0.1) is 0 Å². The molecule has 0 N–H and O–H groups in total. The number of urea groups is 1. The topological polar surface area (TPSA) is 123 Å². The Balaban J connectivity index is 1.61. The summed E-state index contributed by atoms with van der Waals surface area (Å²) < 4.78 is 21.5. The van der Waals surface area contributed by atoms with Crippen LogP contribution in [0.5, 0.6) is 0 Å². The van der Waals surface area contributed by atoms with Crippen LogP contribution in [0.1, 0.15) is 57.8 Å². The first-order chi connectivity index (χ1) is 28.9. The van der Waals surface area contributed by atoms with Crippen molar-refractivity contribution >= 4 is 66.6 Å². The molecule has 0 aliphatic carbocycles. The van der Waals surface area contributed by atoms with E-state index in [1.54, 1.807) is 45.8 Å². The Morgan fingerprint density at radius 2 is 1.34 bits per heavy atom. The van der Waals surface area contributed by atoms with Crippen molar-refractivity contribution in [2.24, 2.45) is 5.92 Å². The van der Waals surface area contributed by atoms with Crippen molar-refractivity contribution in [3.05, 3.63) is 133 Å². The summed E-state index contributed by atoms with van der Waals surface area (Å²) in [5.41, 5.74) is 1.08. The standard InChI is InChI=1S/C48H58N3O8PSi/c1-10-20-43(57-35(3)52)46(55)58-60(38-21-14-11-15-22-38,39-23-16-12-17-24-39,40-25-18-13-19-26-40)51-41(44(45(51)54)34(2)59-61(8,9)48(4,5)6)33-42(53)36-27-29-37(30-28-36)50-32-31-49(7)47(50)56/h10-19,21-30,34,41,43-44H,1,20,31-33H2,2-9H3/t34-,41-,43?,44-/m1/s1. The van der Waals surface area contributed by atoms with E-state index >= 15 is 9.59 Å². The molecule has 4 atom stereocenters. The summed E-state index contributed by atoms with van der Waals surface area (Å²) in [4.78, 5) is 74.3. The second-order valence-corrected chi connectivity index (χ2v) is 26.3. The third-order valence-electron chi connectivity index (χ3n) is 12.5. The molecule has 0 radical (unpaired) electrons. The Bertz CT molecular complexity index is 2170. The van der Waals surface area contributed by atoms with Gasteiger partial charge < -0.3 is 0 Å². The van der Waals surface area contributed by atoms with Gasteiger partial charge in [0.1, 0.15) is 0 Å². The van der Waals surface area contributed by atoms with Crippen LogP contribution in [0.25, 0.3) is 0 Å². The number of benzene rings is 4. The molecule has 1 unspecified atom stereocenters. The van der Waals surface area contributed by atoms with Gasteiger partial charge in [0.15, 0.2) is 0 Å². The third kappa shape index (κ3) is 8.09. The van der Waals surface area contributed by atoms with E-state index in [0.29, 0.717) is 40.3 Å². The fourth-order valence-corrected chi connectivity index (χ4v) is 15.8. The van der Waals surface area contributed by atoms with Gasteiger partial charge in [0, 0.05) is 0 Å². The first-order valence-corrected chi connectivity index (χ1v) is 25.8. The normalized spacial score (nSPS) is 18.7. The van der Waals surface area contributed by atoms with Crippen molar-refractivity contribution in [1.82, 2.24) is 9.57 Å². The number of likely N-dealkylation sites (N-methyl/N-ethyl adjacent to an activating group) is 1. The minimum atomic E-state index is -5.11. The monoisotopic (exact) mass is 863 g/mol. The van der Waals surface area contributed by atoms with E-state index in [9.17, 15) is 14.4 Å². The Kier molecular flexibility index (Phi) is 13.0. The number of Topliss-reactive ketones (excluding diaryl/α,β-unsaturated/α-hetero) is 1. The minimum absolute atomic E-state index is 0.0472. The number of β-lactam (4-membered cyclic amide) rings is 1. The molecule has 2 fully saturated rings. The van der Waals surface area contributed by atoms with E-state index < -0.39 is 51.4 Å². The molecule has 4 aromatic carbocycles. The van der Waals surface area contributed by atoms with E-state index in [0.717, 1.165) is 0 Å². The molecule has 13 heteroatoms. The van der Waals surface area contributed by atoms with Crippen LogP contribution in [-0.2, 0) is 28.1 Å². The zero-order valence-corrected chi connectivity index (χ0v) is 38.3. The SMILES string of the molecule is C=CCC(OC(C)=O)C(=O)OP(c1ccccc1)(c1ccccc1)(c1ccccc1)N1C(=O)[C@H]([C@@H](C)O[Si](C)(C)C(C)(C)C)[C@H]1CC(=O)c1ccc(N2CCN(C)C2=O)cc1. The van der Waals surface area contributed by atoms with Crippen LogP contribution in [0.3, 0.4) is 0 Å². The number of hydrogen-bond donors (Lipinski definition) is 0. The second-order valence-electron chi connectivity index (χ2n) is 17.4. The molecular weight excluding hydrogens is 806 g/mol. The van der Waals surface area contributed by atoms with Gasteiger partial charge in [0.25, 0.3) is 0 Å². The average molecular weight is 864 g/mol. The maximum absolute atomic E-state index is 15.8. The Labute approximate surface area is 360 Å². The fraction of sp³-hybridized carbons (Fsp3) is 0.354. The quantitative estimate of drug-likeness (QED) is 0.0280. The molecule has 0 bridgehead atoms. The molecule has 0 spiro atoms. The Hall–Kier alpha value is -5.42. The van der Waals surface area contributed by atoms with Crippen LogP contribution >= 0.6 is 6.98 Å². The molecule has 61 heavy (non-hydrogen) atoms. The van der Waals surface area contributed by atoms with Crippen LogP contribution in [0, 0.1) is 5.92 Å². The van der Waals surface area contributed by atoms with Gasteiger partial charge in [-0.3, -0.25) is 0 Å². The van der Waals surface area contributed by atoms with Crippen LogP contribution in [0.2, 0.25) is 18.1 Å². The molecule has 6 rings (SSSR count). The second kappa shape index (κ2) is 17.5. The van der Waals surface area contributed by atoms with E-state index in [1.807, 2.05) is 97.9 Å². The molecule has 0 aromatic heterocycles. The fourth-order valence-electron chi connectivity index (χ4n) is 8.40. The molecular formula is C48H58N3O8PSi. The van der Waals surface area contributed by atoms with Gasteiger partial charge in [-0.05, 0) is 0 Å². The van der Waals surface area contributed by atoms with E-state index in [1.165, 1.54) is 13.0 Å². The Morgan fingerprint density at radius 1 is 0.836 bits per heavy atom. The summed E-state index contributed by atoms with van der Waals surface area (Å²) in [6.45, 7) is 13.6. The van der Waals surface area contributed by atoms with Gasteiger partial charge in [-0.2, -0.15) is 0 Å². The van der Waals surface area contributed by atoms with Crippen LogP contribution in [-0.4, -0.2) is 85.9 Å². The number of ketones is 1. The summed E-state index contributed by atoms with van der Waals surface area (Å²) >= 11 is 0. The van der Waals surface area contributed by atoms with Crippen molar-refractivity contribution in [2.75, 3.05) is 25.0 Å². The summed E-state index contributed by atoms with van der Waals surface area (Å²) in [5, 5.41) is 1.42. The molecule has 4 aromatic rings. The molecule has 2 heterocycles. The van der Waals surface area contributed by atoms with Gasteiger partial charge in [-0.1, -0.05) is 0 Å². The first-order valence-electron chi connectivity index (χ1n) is 20.8. The molecule has 2 aliphatic rings. The van der Waals surface area contributed by atoms with E-state index in [2.05, 4.69) is 40.4 Å². The first kappa shape index (κ1) is 45.1. The number of amides is 3. The van der Waals surface area contributed by atoms with Gasteiger partial charge >= 0.3 is 362 Å². The van der Waals surface area contributed by atoms with Gasteiger partial charge in [-0.15, -0.1) is 0 Å². The van der Waals surface area contributed by atoms with Crippen molar-refractivity contribution < 1.29 is 37.7 Å². The van der Waals surface area contributed by atoms with Gasteiger partial charge in [0.2, 0.25) is 0 Å². The van der Waals surface area contributed by atoms with E-state index in [4.69, 9.17) is 13.7 Å². The van der Waals surface area contributed by atoms with Gasteiger partial charge in [-0.25, -0.2) is 0 Å². The zero-order chi connectivity index (χ0) is 44.4. The van der Waals surface area contributed by atoms with Crippen molar-refractivity contribution in [1.29, 1.82) is 0 Å². The van der Waals surface area contributed by atoms with Crippen LogP contribution < -0.4 is 20.8 Å². The molecule has 3 amide bonds. The molecule has 0 saturated carbocycles. The van der Waals surface area contributed by atoms with Crippen molar-refractivity contribution in [2.45, 2.75) is 83.8 Å². The predicted molar refractivity (Wildman–Crippen MR) is 244 cm³/mol. The van der Waals surface area contributed by atoms with E-state index in [-0.39, 0.29) is 35.6 Å². The number of hydrogen-bond acceptors (Lipinski definition) is 8. The number of carbonyl (C=O) groups excluding carboxylic acids is 5. The zero-order valence-electron chi connectivity index (χ0n) is 36.4. The molecule has 322 valence electrons.